The Morgan fingerprint density at radius 1 is 0.306 bits per heavy atom. The highest BCUT2D eigenvalue weighted by Gasteiger charge is 2.35. The fourth-order valence-corrected chi connectivity index (χ4v) is 8.58. The molecule has 9 aromatic rings. The smallest absolute Gasteiger partial charge is 0.0158 e. The lowest BCUT2D eigenvalue weighted by molar-refractivity contribution is 0.660. The molecule has 1 aliphatic carbocycles. The van der Waals surface area contributed by atoms with E-state index >= 15 is 0 Å². The van der Waals surface area contributed by atoms with Gasteiger partial charge in [0, 0.05) is 5.41 Å². The van der Waals surface area contributed by atoms with E-state index in [0.717, 1.165) is 0 Å². The summed E-state index contributed by atoms with van der Waals surface area (Å²) in [5.41, 5.74) is 13.2. The van der Waals surface area contributed by atoms with Crippen LogP contribution in [0.15, 0.2) is 170 Å². The van der Waals surface area contributed by atoms with Crippen molar-refractivity contribution in [1.82, 2.24) is 0 Å². The maximum atomic E-state index is 2.40. The molecule has 0 radical (unpaired) electrons. The second-order valence-corrected chi connectivity index (χ2v) is 14.1. The van der Waals surface area contributed by atoms with E-state index < -0.39 is 0 Å². The number of rotatable bonds is 3. The predicted octanol–water partition coefficient (Wildman–Crippen LogP) is 13.6. The fourth-order valence-electron chi connectivity index (χ4n) is 8.58. The second kappa shape index (κ2) is 10.5. The van der Waals surface area contributed by atoms with Crippen LogP contribution in [0.25, 0.3) is 87.6 Å². The molecule has 0 N–H and O–H groups in total. The molecule has 49 heavy (non-hydrogen) atoms. The van der Waals surface area contributed by atoms with Gasteiger partial charge in [-0.2, -0.15) is 0 Å². The van der Waals surface area contributed by atoms with Crippen LogP contribution in [0.5, 0.6) is 0 Å². The zero-order chi connectivity index (χ0) is 32.7. The molecule has 0 saturated heterocycles. The molecule has 9 aromatic carbocycles. The summed E-state index contributed by atoms with van der Waals surface area (Å²) in [4.78, 5) is 0. The van der Waals surface area contributed by atoms with Crippen molar-refractivity contribution >= 4 is 43.1 Å². The van der Waals surface area contributed by atoms with E-state index in [0.29, 0.717) is 0 Å². The maximum Gasteiger partial charge on any atom is 0.0158 e. The standard InChI is InChI=1S/C49H34/c1-49(2)45-18-10-9-13-39(45)44-30-36(25-26-46(44)49)34-20-21-35-29-38(24-22-33(35)27-34)48-42-16-7-5-14-40(42)47(41-15-6-8-17-43(41)48)37-23-19-31-11-3-4-12-32(31)28-37/h3-30H,1-2H3. The van der Waals surface area contributed by atoms with Crippen molar-refractivity contribution < 1.29 is 0 Å². The Morgan fingerprint density at radius 3 is 1.35 bits per heavy atom. The second-order valence-electron chi connectivity index (χ2n) is 14.1. The van der Waals surface area contributed by atoms with Gasteiger partial charge < -0.3 is 0 Å². The zero-order valence-corrected chi connectivity index (χ0v) is 27.7. The molecular formula is C49H34. The van der Waals surface area contributed by atoms with Gasteiger partial charge in [-0.1, -0.05) is 159 Å². The van der Waals surface area contributed by atoms with Crippen molar-refractivity contribution in [2.75, 3.05) is 0 Å². The van der Waals surface area contributed by atoms with Crippen LogP contribution in [-0.2, 0) is 5.41 Å². The average Bonchev–Trinajstić information content (AvgIpc) is 3.38. The largest absolute Gasteiger partial charge is 0.0619 e. The molecule has 0 bridgehead atoms. The van der Waals surface area contributed by atoms with Gasteiger partial charge in [-0.15, -0.1) is 0 Å². The van der Waals surface area contributed by atoms with Crippen LogP contribution in [0.2, 0.25) is 0 Å². The molecule has 230 valence electrons. The molecule has 0 atom stereocenters. The Hall–Kier alpha value is -5.98. The first-order chi connectivity index (χ1) is 24.0. The Balaban J connectivity index is 1.12. The van der Waals surface area contributed by atoms with E-state index in [9.17, 15) is 0 Å². The fraction of sp³-hybridized carbons (Fsp3) is 0.0612. The summed E-state index contributed by atoms with van der Waals surface area (Å²) in [7, 11) is 0. The molecule has 10 rings (SSSR count). The molecular weight excluding hydrogens is 589 g/mol. The van der Waals surface area contributed by atoms with Crippen LogP contribution < -0.4 is 0 Å². The van der Waals surface area contributed by atoms with Gasteiger partial charge >= 0.3 is 0 Å². The number of fused-ring (bicyclic) bond motifs is 7. The number of hydrogen-bond donors (Lipinski definition) is 0. The lowest BCUT2D eigenvalue weighted by atomic mass is 9.82. The van der Waals surface area contributed by atoms with Gasteiger partial charge in [0.2, 0.25) is 0 Å². The lowest BCUT2D eigenvalue weighted by Gasteiger charge is -2.21. The molecule has 0 heterocycles. The van der Waals surface area contributed by atoms with Gasteiger partial charge in [-0.25, -0.2) is 0 Å². The minimum Gasteiger partial charge on any atom is -0.0619 e. The Labute approximate surface area is 286 Å². The van der Waals surface area contributed by atoms with Crippen molar-refractivity contribution in [1.29, 1.82) is 0 Å². The van der Waals surface area contributed by atoms with E-state index in [1.165, 1.54) is 98.7 Å². The molecule has 0 unspecified atom stereocenters. The minimum atomic E-state index is 0.0201. The third-order valence-electron chi connectivity index (χ3n) is 11.0. The first-order valence-electron chi connectivity index (χ1n) is 17.3. The monoisotopic (exact) mass is 622 g/mol. The molecule has 0 aliphatic heterocycles. The van der Waals surface area contributed by atoms with Crippen molar-refractivity contribution in [2.45, 2.75) is 19.3 Å². The highest BCUT2D eigenvalue weighted by atomic mass is 14.4. The first-order valence-corrected chi connectivity index (χ1v) is 17.3. The van der Waals surface area contributed by atoms with Crippen molar-refractivity contribution in [3.05, 3.63) is 181 Å². The van der Waals surface area contributed by atoms with E-state index in [1.807, 2.05) is 0 Å². The molecule has 0 amide bonds. The quantitative estimate of drug-likeness (QED) is 0.172. The van der Waals surface area contributed by atoms with Crippen LogP contribution in [0.1, 0.15) is 25.0 Å². The molecule has 0 fully saturated rings. The summed E-state index contributed by atoms with van der Waals surface area (Å²) < 4.78 is 0. The summed E-state index contributed by atoms with van der Waals surface area (Å²) in [6.45, 7) is 4.68. The topological polar surface area (TPSA) is 0 Å². The van der Waals surface area contributed by atoms with E-state index in [4.69, 9.17) is 0 Å². The molecule has 0 nitrogen and oxygen atoms in total. The van der Waals surface area contributed by atoms with Gasteiger partial charge in [0.1, 0.15) is 0 Å². The van der Waals surface area contributed by atoms with E-state index in [-0.39, 0.29) is 5.41 Å². The summed E-state index contributed by atoms with van der Waals surface area (Å²) in [6.07, 6.45) is 0. The summed E-state index contributed by atoms with van der Waals surface area (Å²) in [6, 6.07) is 63.2. The first kappa shape index (κ1) is 28.1. The maximum absolute atomic E-state index is 2.40. The molecule has 0 saturated carbocycles. The molecule has 0 aromatic heterocycles. The van der Waals surface area contributed by atoms with Crippen molar-refractivity contribution in [3.8, 4) is 44.5 Å². The van der Waals surface area contributed by atoms with Crippen LogP contribution in [-0.4, -0.2) is 0 Å². The molecule has 1 aliphatic rings. The van der Waals surface area contributed by atoms with Crippen molar-refractivity contribution in [3.63, 3.8) is 0 Å². The Bertz CT molecular complexity index is 2740. The van der Waals surface area contributed by atoms with Crippen LogP contribution in [0, 0.1) is 0 Å². The van der Waals surface area contributed by atoms with Gasteiger partial charge in [0.05, 0.1) is 0 Å². The third-order valence-corrected chi connectivity index (χ3v) is 11.0. The van der Waals surface area contributed by atoms with Crippen LogP contribution in [0.3, 0.4) is 0 Å². The van der Waals surface area contributed by atoms with E-state index in [1.54, 1.807) is 0 Å². The SMILES string of the molecule is CC1(C)c2ccccc2-c2cc(-c3ccc4cc(-c5c6ccccc6c(-c6ccc7ccccc7c6)c6ccccc56)ccc4c3)ccc21. The zero-order valence-electron chi connectivity index (χ0n) is 27.7. The van der Waals surface area contributed by atoms with Gasteiger partial charge in [-0.3, -0.25) is 0 Å². The highest BCUT2D eigenvalue weighted by molar-refractivity contribution is 6.22. The van der Waals surface area contributed by atoms with Crippen LogP contribution >= 0.6 is 0 Å². The summed E-state index contributed by atoms with van der Waals surface area (Å²) in [5, 5.41) is 10.2. The number of hydrogen-bond acceptors (Lipinski definition) is 0. The van der Waals surface area contributed by atoms with Gasteiger partial charge in [0.15, 0.2) is 0 Å². The normalized spacial score (nSPS) is 13.3. The van der Waals surface area contributed by atoms with Crippen molar-refractivity contribution in [2.24, 2.45) is 0 Å². The van der Waals surface area contributed by atoms with Gasteiger partial charge in [-0.05, 0) is 123 Å². The lowest BCUT2D eigenvalue weighted by Crippen LogP contribution is -2.14. The minimum absolute atomic E-state index is 0.0201. The van der Waals surface area contributed by atoms with Gasteiger partial charge in [0.25, 0.3) is 0 Å². The summed E-state index contributed by atoms with van der Waals surface area (Å²) in [5.74, 6) is 0. The Kier molecular flexibility index (Phi) is 6.02. The molecule has 0 heteroatoms. The van der Waals surface area contributed by atoms with Crippen LogP contribution in [0.4, 0.5) is 0 Å². The Morgan fingerprint density at radius 2 is 0.714 bits per heavy atom. The average molecular weight is 623 g/mol. The third kappa shape index (κ3) is 4.24. The molecule has 0 spiro atoms. The number of benzene rings is 9. The predicted molar refractivity (Wildman–Crippen MR) is 210 cm³/mol. The highest BCUT2D eigenvalue weighted by Crippen LogP contribution is 2.50. The summed E-state index contributed by atoms with van der Waals surface area (Å²) >= 11 is 0. The van der Waals surface area contributed by atoms with E-state index in [2.05, 4.69) is 184 Å².